The van der Waals surface area contributed by atoms with Crippen molar-refractivity contribution in [1.82, 2.24) is 19.6 Å². The Hall–Kier alpha value is -3.75. The largest absolute Gasteiger partial charge is 0.417 e. The van der Waals surface area contributed by atoms with Crippen molar-refractivity contribution in [2.24, 2.45) is 0 Å². The van der Waals surface area contributed by atoms with E-state index in [9.17, 15) is 18.0 Å². The van der Waals surface area contributed by atoms with E-state index in [0.717, 1.165) is 30.5 Å². The second kappa shape index (κ2) is 8.78. The van der Waals surface area contributed by atoms with E-state index in [1.54, 1.807) is 6.07 Å². The average molecular weight is 439 g/mol. The van der Waals surface area contributed by atoms with Gasteiger partial charge in [0, 0.05) is 17.3 Å². The SMILES string of the molecule is CCCCc1cc(NC(=O)c2ccccc2C(F)(F)F)n2nc(-c3ccccc3)nc2n1. The molecule has 1 N–H and O–H groups in total. The number of carbonyl (C=O) groups excluding carboxylic acids is 1. The number of alkyl halides is 3. The Morgan fingerprint density at radius 2 is 1.75 bits per heavy atom. The quantitative estimate of drug-likeness (QED) is 0.436. The van der Waals surface area contributed by atoms with Gasteiger partial charge in [-0.1, -0.05) is 55.8 Å². The van der Waals surface area contributed by atoms with Gasteiger partial charge in [-0.2, -0.15) is 22.7 Å². The monoisotopic (exact) mass is 439 g/mol. The number of amides is 1. The average Bonchev–Trinajstić information content (AvgIpc) is 3.22. The lowest BCUT2D eigenvalue weighted by atomic mass is 10.1. The molecule has 0 aliphatic rings. The predicted octanol–water partition coefficient (Wildman–Crippen LogP) is 5.41. The number of unbranched alkanes of at least 4 members (excludes halogenated alkanes) is 1. The lowest BCUT2D eigenvalue weighted by Gasteiger charge is -2.13. The maximum absolute atomic E-state index is 13.4. The first kappa shape index (κ1) is 21.5. The second-order valence-corrected chi connectivity index (χ2v) is 7.25. The first-order valence-electron chi connectivity index (χ1n) is 10.2. The Morgan fingerprint density at radius 1 is 1.03 bits per heavy atom. The number of rotatable bonds is 6. The fourth-order valence-electron chi connectivity index (χ4n) is 3.31. The lowest BCUT2D eigenvalue weighted by Crippen LogP contribution is -2.20. The third-order valence-corrected chi connectivity index (χ3v) is 4.90. The molecule has 0 radical (unpaired) electrons. The van der Waals surface area contributed by atoms with E-state index in [0.29, 0.717) is 17.9 Å². The number of anilines is 1. The summed E-state index contributed by atoms with van der Waals surface area (Å²) < 4.78 is 41.5. The summed E-state index contributed by atoms with van der Waals surface area (Å²) in [6, 6.07) is 15.5. The molecule has 0 aliphatic heterocycles. The fraction of sp³-hybridized carbons (Fsp3) is 0.217. The molecule has 0 saturated heterocycles. The van der Waals surface area contributed by atoms with Crippen molar-refractivity contribution >= 4 is 17.5 Å². The first-order chi connectivity index (χ1) is 15.4. The molecule has 9 heteroatoms. The number of hydrogen-bond donors (Lipinski definition) is 1. The summed E-state index contributed by atoms with van der Waals surface area (Å²) in [5, 5.41) is 7.01. The molecule has 0 unspecified atom stereocenters. The summed E-state index contributed by atoms with van der Waals surface area (Å²) in [5.41, 5.74) is -0.0420. The number of fused-ring (bicyclic) bond motifs is 1. The van der Waals surface area contributed by atoms with E-state index in [4.69, 9.17) is 0 Å². The third kappa shape index (κ3) is 4.46. The van der Waals surface area contributed by atoms with Gasteiger partial charge < -0.3 is 5.32 Å². The lowest BCUT2D eigenvalue weighted by molar-refractivity contribution is -0.137. The number of benzene rings is 2. The van der Waals surface area contributed by atoms with Crippen LogP contribution in [0.5, 0.6) is 0 Å². The van der Waals surface area contributed by atoms with Crippen molar-refractivity contribution in [1.29, 1.82) is 0 Å². The predicted molar refractivity (Wildman–Crippen MR) is 114 cm³/mol. The summed E-state index contributed by atoms with van der Waals surface area (Å²) >= 11 is 0. The van der Waals surface area contributed by atoms with Gasteiger partial charge >= 0.3 is 6.18 Å². The molecule has 4 rings (SSSR count). The summed E-state index contributed by atoms with van der Waals surface area (Å²) in [6.45, 7) is 2.04. The molecular formula is C23H20F3N5O. The van der Waals surface area contributed by atoms with Crippen molar-refractivity contribution in [3.63, 3.8) is 0 Å². The van der Waals surface area contributed by atoms with E-state index in [2.05, 4.69) is 20.4 Å². The number of aryl methyl sites for hydroxylation is 1. The Kier molecular flexibility index (Phi) is 5.89. The van der Waals surface area contributed by atoms with Crippen LogP contribution in [0.1, 0.15) is 41.4 Å². The van der Waals surface area contributed by atoms with Gasteiger partial charge in [0.15, 0.2) is 5.82 Å². The molecule has 1 amide bonds. The van der Waals surface area contributed by atoms with Crippen LogP contribution < -0.4 is 5.32 Å². The van der Waals surface area contributed by atoms with Crippen LogP contribution in [-0.2, 0) is 12.6 Å². The minimum atomic E-state index is -4.65. The Balaban J connectivity index is 1.77. The van der Waals surface area contributed by atoms with Crippen molar-refractivity contribution in [2.45, 2.75) is 32.4 Å². The highest BCUT2D eigenvalue weighted by Crippen LogP contribution is 2.32. The minimum absolute atomic E-state index is 0.206. The highest BCUT2D eigenvalue weighted by molar-refractivity contribution is 6.05. The van der Waals surface area contributed by atoms with Crippen LogP contribution in [0.15, 0.2) is 60.7 Å². The highest BCUT2D eigenvalue weighted by Gasteiger charge is 2.35. The van der Waals surface area contributed by atoms with E-state index in [-0.39, 0.29) is 11.6 Å². The molecule has 0 aliphatic carbocycles. The fourth-order valence-corrected chi connectivity index (χ4v) is 3.31. The van der Waals surface area contributed by atoms with Crippen LogP contribution in [0, 0.1) is 0 Å². The van der Waals surface area contributed by atoms with Crippen LogP contribution in [-0.4, -0.2) is 25.5 Å². The number of hydrogen-bond acceptors (Lipinski definition) is 4. The van der Waals surface area contributed by atoms with Crippen molar-refractivity contribution in [2.75, 3.05) is 5.32 Å². The van der Waals surface area contributed by atoms with Gasteiger partial charge in [0.2, 0.25) is 0 Å². The molecule has 2 heterocycles. The molecule has 2 aromatic heterocycles. The summed E-state index contributed by atoms with van der Waals surface area (Å²) in [6.07, 6.45) is -2.20. The molecule has 0 saturated carbocycles. The van der Waals surface area contributed by atoms with Crippen LogP contribution in [0.2, 0.25) is 0 Å². The summed E-state index contributed by atoms with van der Waals surface area (Å²) in [7, 11) is 0. The van der Waals surface area contributed by atoms with Crippen molar-refractivity contribution in [3.05, 3.63) is 77.5 Å². The molecule has 6 nitrogen and oxygen atoms in total. The van der Waals surface area contributed by atoms with E-state index in [1.165, 1.54) is 16.6 Å². The number of nitrogens with zero attached hydrogens (tertiary/aromatic N) is 4. The summed E-state index contributed by atoms with van der Waals surface area (Å²) in [4.78, 5) is 21.8. The number of carbonyl (C=O) groups is 1. The zero-order valence-corrected chi connectivity index (χ0v) is 17.2. The smallest absolute Gasteiger partial charge is 0.306 e. The standard InChI is InChI=1S/C23H20F3N5O/c1-2-3-11-16-14-19(28-21(32)17-12-7-8-13-18(17)23(24,25)26)31-22(27-16)29-20(30-31)15-9-5-4-6-10-15/h4-10,12-14H,2-3,11H2,1H3,(H,28,32). The topological polar surface area (TPSA) is 72.2 Å². The van der Waals surface area contributed by atoms with Crippen molar-refractivity contribution in [3.8, 4) is 11.4 Å². The van der Waals surface area contributed by atoms with Crippen LogP contribution in [0.25, 0.3) is 17.2 Å². The van der Waals surface area contributed by atoms with Gasteiger partial charge in [-0.05, 0) is 25.0 Å². The molecule has 0 atom stereocenters. The minimum Gasteiger partial charge on any atom is -0.306 e. The molecule has 0 bridgehead atoms. The molecule has 2 aromatic carbocycles. The highest BCUT2D eigenvalue weighted by atomic mass is 19.4. The Bertz CT molecular complexity index is 1250. The first-order valence-corrected chi connectivity index (χ1v) is 10.2. The number of nitrogens with one attached hydrogen (secondary N) is 1. The Morgan fingerprint density at radius 3 is 2.47 bits per heavy atom. The van der Waals surface area contributed by atoms with E-state index in [1.807, 2.05) is 37.3 Å². The van der Waals surface area contributed by atoms with Crippen LogP contribution in [0.4, 0.5) is 19.0 Å². The third-order valence-electron chi connectivity index (χ3n) is 4.90. The van der Waals surface area contributed by atoms with Gasteiger partial charge in [-0.25, -0.2) is 4.98 Å². The zero-order valence-electron chi connectivity index (χ0n) is 17.2. The van der Waals surface area contributed by atoms with Crippen LogP contribution >= 0.6 is 0 Å². The molecular weight excluding hydrogens is 419 g/mol. The van der Waals surface area contributed by atoms with Gasteiger partial charge in [0.1, 0.15) is 5.82 Å². The van der Waals surface area contributed by atoms with Gasteiger partial charge in [-0.15, -0.1) is 5.10 Å². The van der Waals surface area contributed by atoms with Crippen molar-refractivity contribution < 1.29 is 18.0 Å². The maximum atomic E-state index is 13.4. The van der Waals surface area contributed by atoms with Gasteiger partial charge in [-0.3, -0.25) is 4.79 Å². The summed E-state index contributed by atoms with van der Waals surface area (Å²) in [5.74, 6) is -0.0183. The van der Waals surface area contributed by atoms with Crippen LogP contribution in [0.3, 0.4) is 0 Å². The maximum Gasteiger partial charge on any atom is 0.417 e. The molecule has 0 spiro atoms. The molecule has 32 heavy (non-hydrogen) atoms. The molecule has 164 valence electrons. The van der Waals surface area contributed by atoms with E-state index >= 15 is 0 Å². The van der Waals surface area contributed by atoms with E-state index < -0.39 is 23.2 Å². The zero-order chi connectivity index (χ0) is 22.7. The van der Waals surface area contributed by atoms with Gasteiger partial charge in [0.25, 0.3) is 11.7 Å². The second-order valence-electron chi connectivity index (χ2n) is 7.25. The normalized spacial score (nSPS) is 11.6. The molecule has 4 aromatic rings. The van der Waals surface area contributed by atoms with Gasteiger partial charge in [0.05, 0.1) is 11.1 Å². The number of aromatic nitrogens is 4. The molecule has 0 fully saturated rings. The number of halogens is 3. The Labute approximate surface area is 182 Å².